The van der Waals surface area contributed by atoms with Crippen LogP contribution in [0.1, 0.15) is 16.8 Å². The van der Waals surface area contributed by atoms with E-state index >= 15 is 4.39 Å². The second-order valence-electron chi connectivity index (χ2n) is 9.48. The highest BCUT2D eigenvalue weighted by Crippen LogP contribution is 2.31. The molecule has 1 atom stereocenters. The fourth-order valence-electron chi connectivity index (χ4n) is 4.59. The van der Waals surface area contributed by atoms with Crippen LogP contribution in [0.15, 0.2) is 59.8 Å². The first-order chi connectivity index (χ1) is 18.6. The summed E-state index contributed by atoms with van der Waals surface area (Å²) in [6.07, 6.45) is 3.68. The van der Waals surface area contributed by atoms with Gasteiger partial charge < -0.3 is 20.3 Å². The Labute approximate surface area is 225 Å². The van der Waals surface area contributed by atoms with Gasteiger partial charge in [-0.3, -0.25) is 9.52 Å². The Morgan fingerprint density at radius 1 is 1.15 bits per heavy atom. The smallest absolute Gasteiger partial charge is 0.261 e. The molecule has 0 spiro atoms. The van der Waals surface area contributed by atoms with Gasteiger partial charge in [0.15, 0.2) is 5.65 Å². The molecule has 39 heavy (non-hydrogen) atoms. The van der Waals surface area contributed by atoms with E-state index in [1.165, 1.54) is 60.4 Å². The number of nitrogen functional groups attached to an aromatic ring is 1. The van der Waals surface area contributed by atoms with Gasteiger partial charge >= 0.3 is 0 Å². The molecule has 1 fully saturated rings. The number of carbonyl (C=O) groups excluding carboxylic acids is 1. The number of rotatable bonds is 7. The number of amides is 1. The minimum absolute atomic E-state index is 0.00174. The van der Waals surface area contributed by atoms with Gasteiger partial charge in [-0.1, -0.05) is 0 Å². The lowest BCUT2D eigenvalue weighted by atomic mass is 10.1. The van der Waals surface area contributed by atoms with E-state index in [1.807, 2.05) is 14.1 Å². The first-order valence-corrected chi connectivity index (χ1v) is 13.6. The van der Waals surface area contributed by atoms with E-state index < -0.39 is 15.8 Å². The predicted octanol–water partition coefficient (Wildman–Crippen LogP) is 2.70. The monoisotopic (exact) mass is 553 g/mol. The van der Waals surface area contributed by atoms with Crippen LogP contribution < -0.4 is 15.2 Å². The second kappa shape index (κ2) is 10.2. The Morgan fingerprint density at radius 2 is 1.90 bits per heavy atom. The zero-order valence-corrected chi connectivity index (χ0v) is 22.4. The average molecular weight is 554 g/mol. The molecule has 2 aromatic heterocycles. The molecule has 3 heterocycles. The summed E-state index contributed by atoms with van der Waals surface area (Å²) >= 11 is 0. The lowest BCUT2D eigenvalue weighted by Crippen LogP contribution is -2.34. The molecular formula is C26H28FN7O4S. The van der Waals surface area contributed by atoms with Crippen molar-refractivity contribution in [1.82, 2.24) is 24.4 Å². The van der Waals surface area contributed by atoms with Crippen LogP contribution in [0.2, 0.25) is 0 Å². The fourth-order valence-corrected chi connectivity index (χ4v) is 5.64. The summed E-state index contributed by atoms with van der Waals surface area (Å²) in [5.74, 6) is -0.297. The maximum atomic E-state index is 15.2. The van der Waals surface area contributed by atoms with Crippen LogP contribution in [0.25, 0.3) is 16.8 Å². The third-order valence-corrected chi connectivity index (χ3v) is 8.25. The van der Waals surface area contributed by atoms with Gasteiger partial charge in [-0.2, -0.15) is 9.61 Å². The number of carbonyl (C=O) groups is 1. The summed E-state index contributed by atoms with van der Waals surface area (Å²) in [5.41, 5.74) is 7.31. The number of likely N-dealkylation sites (N-methyl/N-ethyl adjacent to an activating group) is 1. The summed E-state index contributed by atoms with van der Waals surface area (Å²) < 4.78 is 49.4. The van der Waals surface area contributed by atoms with Gasteiger partial charge in [-0.25, -0.2) is 17.8 Å². The number of hydrogen-bond donors (Lipinski definition) is 2. The van der Waals surface area contributed by atoms with Crippen LogP contribution in [-0.4, -0.2) is 79.1 Å². The van der Waals surface area contributed by atoms with Crippen LogP contribution in [0, 0.1) is 5.82 Å². The number of anilines is 2. The van der Waals surface area contributed by atoms with Crippen LogP contribution in [-0.2, 0) is 10.0 Å². The van der Waals surface area contributed by atoms with E-state index in [4.69, 9.17) is 10.5 Å². The number of nitrogens with two attached hydrogens (primary N) is 1. The summed E-state index contributed by atoms with van der Waals surface area (Å²) in [5, 5.41) is 4.24. The van der Waals surface area contributed by atoms with Gasteiger partial charge in [0.25, 0.3) is 15.9 Å². The highest BCUT2D eigenvalue weighted by Gasteiger charge is 2.30. The Hall–Kier alpha value is -4.23. The molecule has 1 saturated heterocycles. The number of likely N-dealkylation sites (tertiary alicyclic amines) is 1. The molecule has 5 rings (SSSR count). The van der Waals surface area contributed by atoms with E-state index in [9.17, 15) is 13.2 Å². The molecule has 1 unspecified atom stereocenters. The van der Waals surface area contributed by atoms with E-state index in [0.717, 1.165) is 12.5 Å². The maximum absolute atomic E-state index is 15.2. The van der Waals surface area contributed by atoms with Crippen molar-refractivity contribution in [2.24, 2.45) is 0 Å². The Balaban J connectivity index is 1.39. The Kier molecular flexibility index (Phi) is 6.87. The minimum Gasteiger partial charge on any atom is -0.497 e. The molecule has 3 N–H and O–H groups in total. The molecule has 204 valence electrons. The van der Waals surface area contributed by atoms with Gasteiger partial charge in [0, 0.05) is 36.5 Å². The number of nitrogens with zero attached hydrogens (tertiary/aromatic N) is 5. The Bertz CT molecular complexity index is 1660. The number of ether oxygens (including phenoxy) is 1. The number of halogens is 1. The highest BCUT2D eigenvalue weighted by atomic mass is 32.2. The zero-order valence-electron chi connectivity index (χ0n) is 21.6. The number of methoxy groups -OCH3 is 1. The number of sulfonamides is 1. The second-order valence-corrected chi connectivity index (χ2v) is 11.2. The number of aromatic nitrogens is 3. The van der Waals surface area contributed by atoms with Crippen LogP contribution in [0.4, 0.5) is 15.9 Å². The third-order valence-electron chi connectivity index (χ3n) is 6.86. The Morgan fingerprint density at radius 3 is 2.54 bits per heavy atom. The van der Waals surface area contributed by atoms with Crippen LogP contribution in [0.3, 0.4) is 0 Å². The summed E-state index contributed by atoms with van der Waals surface area (Å²) in [7, 11) is 1.50. The zero-order chi connectivity index (χ0) is 27.9. The predicted molar refractivity (Wildman–Crippen MR) is 145 cm³/mol. The van der Waals surface area contributed by atoms with E-state index in [0.29, 0.717) is 24.4 Å². The standard InChI is InChI=1S/C26H28FN7O4S/c1-32(2)17-10-11-33(15-17)26(35)22-14-30-34-24(28)21(13-29-25(22)34)20-9-4-16(12-23(20)27)31-39(36,37)19-7-5-18(38-3)6-8-19/h4-9,12-14,17,31H,10-11,15,28H2,1-3H3. The number of hydrogen-bond acceptors (Lipinski definition) is 8. The van der Waals surface area contributed by atoms with Crippen molar-refractivity contribution in [3.05, 3.63) is 66.2 Å². The SMILES string of the molecule is COc1ccc(S(=O)(=O)Nc2ccc(-c3cnc4c(C(=O)N5CCC(N(C)C)C5)cnn4c3N)c(F)c2)cc1. The molecule has 0 bridgehead atoms. The van der Waals surface area contributed by atoms with Crippen molar-refractivity contribution < 1.29 is 22.3 Å². The molecule has 1 aliphatic heterocycles. The van der Waals surface area contributed by atoms with Crippen molar-refractivity contribution in [1.29, 1.82) is 0 Å². The quantitative estimate of drug-likeness (QED) is 0.357. The van der Waals surface area contributed by atoms with Crippen molar-refractivity contribution in [2.75, 3.05) is 44.8 Å². The van der Waals surface area contributed by atoms with Gasteiger partial charge in [0.05, 0.1) is 23.9 Å². The van der Waals surface area contributed by atoms with E-state index in [1.54, 1.807) is 4.90 Å². The first-order valence-electron chi connectivity index (χ1n) is 12.1. The van der Waals surface area contributed by atoms with Gasteiger partial charge in [-0.15, -0.1) is 0 Å². The molecule has 13 heteroatoms. The largest absolute Gasteiger partial charge is 0.497 e. The summed E-state index contributed by atoms with van der Waals surface area (Å²) in [4.78, 5) is 21.4. The topological polar surface area (TPSA) is 135 Å². The first kappa shape index (κ1) is 26.4. The van der Waals surface area contributed by atoms with Crippen LogP contribution >= 0.6 is 0 Å². The minimum atomic E-state index is -3.95. The van der Waals surface area contributed by atoms with E-state index in [2.05, 4.69) is 19.7 Å². The molecule has 1 aliphatic rings. The average Bonchev–Trinajstić information content (AvgIpc) is 3.58. The maximum Gasteiger partial charge on any atom is 0.261 e. The fraction of sp³-hybridized carbons (Fsp3) is 0.269. The number of nitrogens with one attached hydrogen (secondary N) is 1. The highest BCUT2D eigenvalue weighted by molar-refractivity contribution is 7.92. The molecular weight excluding hydrogens is 525 g/mol. The van der Waals surface area contributed by atoms with E-state index in [-0.39, 0.29) is 45.1 Å². The molecule has 0 saturated carbocycles. The van der Waals surface area contributed by atoms with Crippen molar-refractivity contribution in [3.63, 3.8) is 0 Å². The lowest BCUT2D eigenvalue weighted by Gasteiger charge is -2.20. The van der Waals surface area contributed by atoms with Gasteiger partial charge in [0.1, 0.15) is 22.9 Å². The molecule has 0 radical (unpaired) electrons. The van der Waals surface area contributed by atoms with Crippen LogP contribution in [0.5, 0.6) is 5.75 Å². The molecule has 1 amide bonds. The van der Waals surface area contributed by atoms with Crippen molar-refractivity contribution in [3.8, 4) is 16.9 Å². The van der Waals surface area contributed by atoms with Crippen molar-refractivity contribution in [2.45, 2.75) is 17.4 Å². The normalized spacial score (nSPS) is 15.7. The number of fused-ring (bicyclic) bond motifs is 1. The molecule has 0 aliphatic carbocycles. The third kappa shape index (κ3) is 4.98. The molecule has 4 aromatic rings. The van der Waals surface area contributed by atoms with Gasteiger partial charge in [0.2, 0.25) is 0 Å². The van der Waals surface area contributed by atoms with Crippen molar-refractivity contribution >= 4 is 33.1 Å². The molecule has 2 aromatic carbocycles. The lowest BCUT2D eigenvalue weighted by molar-refractivity contribution is 0.0784. The number of benzene rings is 2. The summed E-state index contributed by atoms with van der Waals surface area (Å²) in [6.45, 7) is 1.24. The van der Waals surface area contributed by atoms with Gasteiger partial charge in [-0.05, 0) is 63.0 Å². The summed E-state index contributed by atoms with van der Waals surface area (Å²) in [6, 6.07) is 9.99. The molecule has 11 nitrogen and oxygen atoms in total.